The maximum Gasteiger partial charge on any atom is 0.470 e. The molecular weight excluding hydrogens is 547 g/mol. The molecule has 0 aliphatic heterocycles. The fourth-order valence-corrected chi connectivity index (χ4v) is 6.31. The standard InChI is InChI=1S/C30H61N2O8P/c1-7-9-10-11-12-13-14-15-16-17-18-19-20-21-22-23-27(33)31-29(26(3)39-8-2)30(24-28(34)35,25-32(4,5)6)40-41(36,37)38/h26,29H,7-25H2,1-6H3,(H3-,31,33,34,35,36,37,38). The van der Waals surface area contributed by atoms with Gasteiger partial charge >= 0.3 is 7.82 Å². The molecule has 244 valence electrons. The molecule has 1 amide bonds. The lowest BCUT2D eigenvalue weighted by atomic mass is 9.85. The molecule has 10 nitrogen and oxygen atoms in total. The zero-order valence-corrected chi connectivity index (χ0v) is 27.7. The normalized spacial score (nSPS) is 15.3. The highest BCUT2D eigenvalue weighted by Gasteiger charge is 2.51. The maximum absolute atomic E-state index is 13.0. The third kappa shape index (κ3) is 21.3. The molecule has 3 N–H and O–H groups in total. The van der Waals surface area contributed by atoms with Gasteiger partial charge in [0.2, 0.25) is 5.91 Å². The molecule has 0 aromatic carbocycles. The van der Waals surface area contributed by atoms with Crippen molar-refractivity contribution in [2.75, 3.05) is 34.3 Å². The number of nitrogens with zero attached hydrogens (tertiary/aromatic N) is 1. The number of quaternary nitrogens is 1. The first kappa shape index (κ1) is 40.0. The largest absolute Gasteiger partial charge is 0.550 e. The quantitative estimate of drug-likeness (QED) is 0.0682. The van der Waals surface area contributed by atoms with E-state index in [-0.39, 0.29) is 30.0 Å². The van der Waals surface area contributed by atoms with Gasteiger partial charge in [-0.1, -0.05) is 96.8 Å². The van der Waals surface area contributed by atoms with Crippen LogP contribution in [0.2, 0.25) is 0 Å². The van der Waals surface area contributed by atoms with E-state index in [1.807, 2.05) is 0 Å². The van der Waals surface area contributed by atoms with Gasteiger partial charge in [-0.25, -0.2) is 4.57 Å². The van der Waals surface area contributed by atoms with Crippen molar-refractivity contribution in [2.45, 2.75) is 148 Å². The summed E-state index contributed by atoms with van der Waals surface area (Å²) in [6, 6.07) is -1.13. The smallest absolute Gasteiger partial charge is 0.470 e. The number of ether oxygens (including phenoxy) is 1. The molecule has 41 heavy (non-hydrogen) atoms. The summed E-state index contributed by atoms with van der Waals surface area (Å²) in [6.07, 6.45) is 16.9. The number of hydrogen-bond acceptors (Lipinski definition) is 6. The van der Waals surface area contributed by atoms with Crippen LogP contribution in [0, 0.1) is 0 Å². The predicted molar refractivity (Wildman–Crippen MR) is 161 cm³/mol. The van der Waals surface area contributed by atoms with Crippen LogP contribution in [0.4, 0.5) is 0 Å². The first-order valence-corrected chi connectivity index (χ1v) is 17.4. The van der Waals surface area contributed by atoms with Gasteiger partial charge in [-0.15, -0.1) is 0 Å². The van der Waals surface area contributed by atoms with E-state index in [2.05, 4.69) is 12.2 Å². The van der Waals surface area contributed by atoms with Crippen molar-refractivity contribution in [1.82, 2.24) is 5.32 Å². The van der Waals surface area contributed by atoms with Gasteiger partial charge in [-0.2, -0.15) is 0 Å². The molecule has 0 fully saturated rings. The van der Waals surface area contributed by atoms with E-state index in [4.69, 9.17) is 9.26 Å². The van der Waals surface area contributed by atoms with E-state index >= 15 is 0 Å². The zero-order valence-electron chi connectivity index (χ0n) is 26.8. The van der Waals surface area contributed by atoms with Crippen molar-refractivity contribution >= 4 is 19.7 Å². The summed E-state index contributed by atoms with van der Waals surface area (Å²) in [5, 5.41) is 14.6. The Bertz CT molecular complexity index is 755. The molecule has 0 aliphatic rings. The molecule has 11 heteroatoms. The summed E-state index contributed by atoms with van der Waals surface area (Å²) < 4.78 is 23.0. The zero-order chi connectivity index (χ0) is 31.4. The van der Waals surface area contributed by atoms with Crippen LogP contribution in [0.1, 0.15) is 130 Å². The van der Waals surface area contributed by atoms with E-state index in [0.717, 1.165) is 19.3 Å². The number of amides is 1. The molecule has 0 aliphatic carbocycles. The Morgan fingerprint density at radius 1 is 0.854 bits per heavy atom. The number of likely N-dealkylation sites (N-methyl/N-ethyl adjacent to an activating group) is 1. The molecule has 0 saturated carbocycles. The van der Waals surface area contributed by atoms with Gasteiger partial charge in [0.1, 0.15) is 6.54 Å². The molecule has 3 unspecified atom stereocenters. The molecule has 0 spiro atoms. The molecule has 0 saturated heterocycles. The number of carboxylic acid groups (broad SMARTS) is 1. The summed E-state index contributed by atoms with van der Waals surface area (Å²) in [6.45, 7) is 5.76. The van der Waals surface area contributed by atoms with Crippen molar-refractivity contribution < 1.29 is 42.8 Å². The van der Waals surface area contributed by atoms with Crippen molar-refractivity contribution in [1.29, 1.82) is 0 Å². The second-order valence-corrected chi connectivity index (χ2v) is 13.7. The average Bonchev–Trinajstić information content (AvgIpc) is 2.82. The lowest BCUT2D eigenvalue weighted by Gasteiger charge is -2.45. The van der Waals surface area contributed by atoms with Crippen LogP contribution >= 0.6 is 7.82 Å². The third-order valence-corrected chi connectivity index (χ3v) is 7.88. The summed E-state index contributed by atoms with van der Waals surface area (Å²) in [7, 11) is 0.0818. The number of aliphatic carboxylic acids is 1. The summed E-state index contributed by atoms with van der Waals surface area (Å²) >= 11 is 0. The number of unbranched alkanes of at least 4 members (excludes halogenated alkanes) is 14. The predicted octanol–water partition coefficient (Wildman–Crippen LogP) is 4.85. The van der Waals surface area contributed by atoms with Gasteiger partial charge in [-0.05, 0) is 20.3 Å². The van der Waals surface area contributed by atoms with Crippen LogP contribution in [0.3, 0.4) is 0 Å². The fourth-order valence-electron chi connectivity index (χ4n) is 5.60. The first-order chi connectivity index (χ1) is 19.2. The van der Waals surface area contributed by atoms with Crippen LogP contribution in [0.15, 0.2) is 0 Å². The Hall–Kier alpha value is -1.03. The second kappa shape index (κ2) is 21.6. The SMILES string of the molecule is CCCCCCCCCCCCCCCCCC(=O)NC(C(C)OCC)C(CC(=O)[O-])(C[N+](C)(C)C)OP(=O)(O)O. The minimum Gasteiger partial charge on any atom is -0.550 e. The van der Waals surface area contributed by atoms with Crippen LogP contribution < -0.4 is 10.4 Å². The van der Waals surface area contributed by atoms with E-state index < -0.39 is 38.0 Å². The van der Waals surface area contributed by atoms with Gasteiger partial charge in [0.15, 0.2) is 5.60 Å². The number of rotatable bonds is 27. The Morgan fingerprint density at radius 2 is 1.29 bits per heavy atom. The van der Waals surface area contributed by atoms with Gasteiger partial charge in [-0.3, -0.25) is 9.32 Å². The van der Waals surface area contributed by atoms with Crippen molar-refractivity contribution in [2.24, 2.45) is 0 Å². The number of hydrogen-bond donors (Lipinski definition) is 3. The van der Waals surface area contributed by atoms with Crippen LogP contribution in [0.25, 0.3) is 0 Å². The number of phosphoric acid groups is 1. The van der Waals surface area contributed by atoms with Crippen molar-refractivity contribution in [3.05, 3.63) is 0 Å². The van der Waals surface area contributed by atoms with E-state index in [1.54, 1.807) is 35.0 Å². The molecule has 0 radical (unpaired) electrons. The molecule has 0 bridgehead atoms. The lowest BCUT2D eigenvalue weighted by Crippen LogP contribution is -2.66. The monoisotopic (exact) mass is 608 g/mol. The number of nitrogens with one attached hydrogen (secondary N) is 1. The minimum absolute atomic E-state index is 0.118. The van der Waals surface area contributed by atoms with E-state index in [1.165, 1.54) is 70.6 Å². The van der Waals surface area contributed by atoms with Crippen LogP contribution in [-0.2, 0) is 23.4 Å². The van der Waals surface area contributed by atoms with E-state index in [0.29, 0.717) is 6.42 Å². The van der Waals surface area contributed by atoms with E-state index in [9.17, 15) is 29.0 Å². The average molecular weight is 609 g/mol. The highest BCUT2D eigenvalue weighted by atomic mass is 31.2. The van der Waals surface area contributed by atoms with Gasteiger partial charge in [0.25, 0.3) is 0 Å². The van der Waals surface area contributed by atoms with Crippen LogP contribution in [-0.4, -0.2) is 78.2 Å². The number of carboxylic acids is 1. The van der Waals surface area contributed by atoms with Crippen molar-refractivity contribution in [3.63, 3.8) is 0 Å². The maximum atomic E-state index is 13.0. The summed E-state index contributed by atoms with van der Waals surface area (Å²) in [5.74, 6) is -1.88. The second-order valence-electron chi connectivity index (χ2n) is 12.5. The van der Waals surface area contributed by atoms with Gasteiger partial charge < -0.3 is 34.2 Å². The minimum atomic E-state index is -5.15. The summed E-state index contributed by atoms with van der Waals surface area (Å²) in [5.41, 5.74) is -1.96. The number of carbonyl (C=O) groups excluding carboxylic acids is 2. The number of carbonyl (C=O) groups is 2. The molecule has 3 atom stereocenters. The molecule has 0 aromatic heterocycles. The fraction of sp³-hybridized carbons (Fsp3) is 0.933. The molecular formula is C30H61N2O8P. The molecule has 0 aromatic rings. The lowest BCUT2D eigenvalue weighted by molar-refractivity contribution is -0.877. The van der Waals surface area contributed by atoms with Crippen LogP contribution in [0.5, 0.6) is 0 Å². The Morgan fingerprint density at radius 3 is 1.66 bits per heavy atom. The topological polar surface area (TPSA) is 145 Å². The van der Waals surface area contributed by atoms with Gasteiger partial charge in [0, 0.05) is 25.4 Å². The third-order valence-electron chi connectivity index (χ3n) is 7.28. The van der Waals surface area contributed by atoms with Gasteiger partial charge in [0.05, 0.1) is 33.3 Å². The first-order valence-electron chi connectivity index (χ1n) is 15.8. The Labute approximate surface area is 249 Å². The highest BCUT2D eigenvalue weighted by Crippen LogP contribution is 2.45. The Kier molecular flexibility index (Phi) is 21.1. The molecule has 0 heterocycles. The number of phosphoric ester groups is 1. The Balaban J connectivity index is 4.84. The highest BCUT2D eigenvalue weighted by molar-refractivity contribution is 7.46. The molecule has 0 rings (SSSR count). The van der Waals surface area contributed by atoms with Crippen molar-refractivity contribution in [3.8, 4) is 0 Å². The summed E-state index contributed by atoms with van der Waals surface area (Å²) in [4.78, 5) is 44.2.